The van der Waals surface area contributed by atoms with Crippen LogP contribution in [-0.4, -0.2) is 10.3 Å². The van der Waals surface area contributed by atoms with Crippen molar-refractivity contribution in [1.82, 2.24) is 4.57 Å². The summed E-state index contributed by atoms with van der Waals surface area (Å²) >= 11 is 0. The second-order valence-corrected chi connectivity index (χ2v) is 7.76. The highest BCUT2D eigenvalue weighted by Gasteiger charge is 2.19. The number of aryl methyl sites for hydroxylation is 1. The molecule has 0 aliphatic carbocycles. The summed E-state index contributed by atoms with van der Waals surface area (Å²) in [7, 11) is 0. The number of halogens is 2. The number of para-hydroxylation sites is 1. The van der Waals surface area contributed by atoms with Crippen LogP contribution in [0.5, 0.6) is 0 Å². The van der Waals surface area contributed by atoms with Crippen molar-refractivity contribution in [2.24, 2.45) is 5.16 Å². The maximum absolute atomic E-state index is 14.7. The molecular weight excluding hydrogens is 406 g/mol. The van der Waals surface area contributed by atoms with E-state index < -0.39 is 0 Å². The van der Waals surface area contributed by atoms with Crippen LogP contribution in [0.4, 0.5) is 8.78 Å². The number of rotatable bonds is 6. The topological polar surface area (TPSA) is 26.5 Å². The number of benzene rings is 3. The van der Waals surface area contributed by atoms with Gasteiger partial charge >= 0.3 is 0 Å². The van der Waals surface area contributed by atoms with Crippen LogP contribution in [0, 0.1) is 25.5 Å². The molecule has 4 aromatic rings. The summed E-state index contributed by atoms with van der Waals surface area (Å²) in [6, 6.07) is 22.8. The average Bonchev–Trinajstić information content (AvgIpc) is 3.11. The van der Waals surface area contributed by atoms with E-state index in [1.165, 1.54) is 18.2 Å². The predicted octanol–water partition coefficient (Wildman–Crippen LogP) is 6.98. The van der Waals surface area contributed by atoms with Crippen molar-refractivity contribution in [2.45, 2.75) is 27.4 Å². The van der Waals surface area contributed by atoms with E-state index in [-0.39, 0.29) is 11.6 Å². The van der Waals surface area contributed by atoms with E-state index in [0.717, 1.165) is 33.6 Å². The van der Waals surface area contributed by atoms with E-state index in [1.54, 1.807) is 30.3 Å². The zero-order valence-electron chi connectivity index (χ0n) is 18.3. The van der Waals surface area contributed by atoms with Crippen LogP contribution in [0.1, 0.15) is 29.3 Å². The number of oxime groups is 1. The van der Waals surface area contributed by atoms with Crippen LogP contribution < -0.4 is 0 Å². The minimum atomic E-state index is -0.341. The molecule has 0 atom stereocenters. The van der Waals surface area contributed by atoms with Gasteiger partial charge in [-0.15, -0.1) is 0 Å². The Morgan fingerprint density at radius 1 is 0.906 bits per heavy atom. The first-order chi connectivity index (χ1) is 15.4. The Morgan fingerprint density at radius 3 is 2.38 bits per heavy atom. The molecule has 1 heterocycles. The average molecular weight is 430 g/mol. The van der Waals surface area contributed by atoms with Gasteiger partial charge in [0.2, 0.25) is 0 Å². The first-order valence-corrected chi connectivity index (χ1v) is 10.4. The molecular formula is C27H24F2N2O. The molecule has 0 spiro atoms. The first kappa shape index (κ1) is 21.5. The zero-order valence-corrected chi connectivity index (χ0v) is 18.3. The van der Waals surface area contributed by atoms with Gasteiger partial charge in [0.05, 0.1) is 17.1 Å². The van der Waals surface area contributed by atoms with E-state index in [9.17, 15) is 8.78 Å². The molecule has 0 amide bonds. The molecule has 0 N–H and O–H groups in total. The number of hydrogen-bond acceptors (Lipinski definition) is 2. The molecule has 162 valence electrons. The van der Waals surface area contributed by atoms with E-state index >= 15 is 0 Å². The maximum atomic E-state index is 14.7. The summed E-state index contributed by atoms with van der Waals surface area (Å²) in [6.45, 7) is 6.16. The van der Waals surface area contributed by atoms with Crippen LogP contribution in [0.2, 0.25) is 0 Å². The summed E-state index contributed by atoms with van der Waals surface area (Å²) in [4.78, 5) is 5.60. The lowest BCUT2D eigenvalue weighted by Gasteiger charge is -2.13. The van der Waals surface area contributed by atoms with E-state index in [0.29, 0.717) is 18.0 Å². The van der Waals surface area contributed by atoms with Gasteiger partial charge < -0.3 is 9.40 Å². The standard InChI is InChI=1S/C27H24F2N2O/c1-18-7-6-8-21(15-18)17-32-30-19(2)24-16-27(22-11-13-23(28)14-12-22)31(20(24)3)26-10-5-4-9-25(26)29/h4-16H,17H2,1-3H3. The van der Waals surface area contributed by atoms with E-state index in [2.05, 4.69) is 11.2 Å². The highest BCUT2D eigenvalue weighted by Crippen LogP contribution is 2.31. The molecule has 0 unspecified atom stereocenters. The van der Waals surface area contributed by atoms with Crippen LogP contribution in [0.3, 0.4) is 0 Å². The van der Waals surface area contributed by atoms with Gasteiger partial charge in [-0.2, -0.15) is 0 Å². The Hall–Kier alpha value is -3.73. The highest BCUT2D eigenvalue weighted by molar-refractivity contribution is 6.01. The molecule has 32 heavy (non-hydrogen) atoms. The number of nitrogens with zero attached hydrogens (tertiary/aromatic N) is 2. The summed E-state index contributed by atoms with van der Waals surface area (Å²) in [5.41, 5.74) is 6.46. The van der Waals surface area contributed by atoms with Gasteiger partial charge in [0.1, 0.15) is 18.2 Å². The third-order valence-corrected chi connectivity index (χ3v) is 5.39. The molecule has 0 fully saturated rings. The molecule has 4 rings (SSSR count). The zero-order chi connectivity index (χ0) is 22.7. The van der Waals surface area contributed by atoms with Crippen LogP contribution >= 0.6 is 0 Å². The molecule has 0 saturated heterocycles. The second-order valence-electron chi connectivity index (χ2n) is 7.76. The summed E-state index contributed by atoms with van der Waals surface area (Å²) in [6.07, 6.45) is 0. The fourth-order valence-electron chi connectivity index (χ4n) is 3.80. The lowest BCUT2D eigenvalue weighted by atomic mass is 10.1. The van der Waals surface area contributed by atoms with Crippen molar-refractivity contribution in [2.75, 3.05) is 0 Å². The monoisotopic (exact) mass is 430 g/mol. The van der Waals surface area contributed by atoms with Crippen LogP contribution in [0.15, 0.2) is 84.0 Å². The minimum absolute atomic E-state index is 0.322. The fourth-order valence-corrected chi connectivity index (χ4v) is 3.80. The normalized spacial score (nSPS) is 11.6. The smallest absolute Gasteiger partial charge is 0.147 e. The van der Waals surface area contributed by atoms with Crippen molar-refractivity contribution < 1.29 is 13.6 Å². The highest BCUT2D eigenvalue weighted by atomic mass is 19.1. The molecule has 0 aliphatic rings. The quantitative estimate of drug-likeness (QED) is 0.239. The predicted molar refractivity (Wildman–Crippen MR) is 124 cm³/mol. The van der Waals surface area contributed by atoms with Gasteiger partial charge in [0, 0.05) is 11.3 Å². The molecule has 0 bridgehead atoms. The minimum Gasteiger partial charge on any atom is -0.391 e. The second kappa shape index (κ2) is 9.18. The Bertz CT molecular complexity index is 1270. The van der Waals surface area contributed by atoms with Crippen LogP contribution in [-0.2, 0) is 11.4 Å². The summed E-state index contributed by atoms with van der Waals surface area (Å²) < 4.78 is 30.0. The Morgan fingerprint density at radius 2 is 1.66 bits per heavy atom. The molecule has 3 nitrogen and oxygen atoms in total. The lowest BCUT2D eigenvalue weighted by Crippen LogP contribution is -2.04. The Balaban J connectivity index is 1.73. The molecule has 3 aromatic carbocycles. The van der Waals surface area contributed by atoms with Gasteiger partial charge in [-0.05, 0) is 74.4 Å². The van der Waals surface area contributed by atoms with Crippen molar-refractivity contribution >= 4 is 5.71 Å². The van der Waals surface area contributed by atoms with Crippen molar-refractivity contribution in [3.05, 3.63) is 113 Å². The Labute approximate surface area is 186 Å². The fraction of sp³-hybridized carbons (Fsp3) is 0.148. The SMILES string of the molecule is CC(=NOCc1cccc(C)c1)c1cc(-c2ccc(F)cc2)n(-c2ccccc2F)c1C. The van der Waals surface area contributed by atoms with Gasteiger partial charge in [-0.1, -0.05) is 47.1 Å². The molecule has 5 heteroatoms. The third kappa shape index (κ3) is 4.47. The molecule has 0 radical (unpaired) electrons. The van der Waals surface area contributed by atoms with Gasteiger partial charge in [0.15, 0.2) is 0 Å². The largest absolute Gasteiger partial charge is 0.391 e. The number of hydrogen-bond donors (Lipinski definition) is 0. The first-order valence-electron chi connectivity index (χ1n) is 10.4. The van der Waals surface area contributed by atoms with Gasteiger partial charge in [-0.25, -0.2) is 8.78 Å². The van der Waals surface area contributed by atoms with Crippen molar-refractivity contribution in [3.63, 3.8) is 0 Å². The summed E-state index contributed by atoms with van der Waals surface area (Å²) in [5.74, 6) is -0.664. The van der Waals surface area contributed by atoms with Crippen LogP contribution in [0.25, 0.3) is 16.9 Å². The van der Waals surface area contributed by atoms with E-state index in [1.807, 2.05) is 49.6 Å². The summed E-state index contributed by atoms with van der Waals surface area (Å²) in [5, 5.41) is 4.31. The molecule has 1 aromatic heterocycles. The Kier molecular flexibility index (Phi) is 6.17. The van der Waals surface area contributed by atoms with Crippen molar-refractivity contribution in [1.29, 1.82) is 0 Å². The lowest BCUT2D eigenvalue weighted by molar-refractivity contribution is 0.130. The molecule has 0 aliphatic heterocycles. The third-order valence-electron chi connectivity index (χ3n) is 5.39. The van der Waals surface area contributed by atoms with Crippen molar-refractivity contribution in [3.8, 4) is 16.9 Å². The van der Waals surface area contributed by atoms with Gasteiger partial charge in [0.25, 0.3) is 0 Å². The molecule has 0 saturated carbocycles. The maximum Gasteiger partial charge on any atom is 0.147 e. The van der Waals surface area contributed by atoms with E-state index in [4.69, 9.17) is 4.84 Å². The number of aromatic nitrogens is 1. The van der Waals surface area contributed by atoms with Gasteiger partial charge in [-0.3, -0.25) is 0 Å².